The maximum Gasteiger partial charge on any atom is 0.261 e. The maximum absolute atomic E-state index is 14.4. The molecule has 1 aliphatic heterocycles. The summed E-state index contributed by atoms with van der Waals surface area (Å²) in [6, 6.07) is 10.8. The molecule has 214 valence electrons. The molecule has 1 N–H and O–H groups in total. The first kappa shape index (κ1) is 28.1. The highest BCUT2D eigenvalue weighted by molar-refractivity contribution is 5.96. The summed E-state index contributed by atoms with van der Waals surface area (Å²) < 4.78 is 21.0. The Hall–Kier alpha value is -3.42. The number of aryl methyl sites for hydroxylation is 2. The van der Waals surface area contributed by atoms with E-state index in [0.29, 0.717) is 58.5 Å². The third kappa shape index (κ3) is 6.31. The summed E-state index contributed by atoms with van der Waals surface area (Å²) in [6.45, 7) is 11.7. The molecule has 8 heteroatoms. The first-order chi connectivity index (χ1) is 19.1. The molecule has 1 unspecified atom stereocenters. The normalized spacial score (nSPS) is 23.0. The number of hydrogen-bond donors (Lipinski definition) is 1. The van der Waals surface area contributed by atoms with Gasteiger partial charge >= 0.3 is 0 Å². The molecule has 0 bridgehead atoms. The predicted octanol–water partition coefficient (Wildman–Crippen LogP) is 6.11. The molecule has 2 fully saturated rings. The number of likely N-dealkylation sites (tertiary alicyclic amines) is 1. The molecule has 2 heterocycles. The minimum Gasteiger partial charge on any atom is -0.497 e. The van der Waals surface area contributed by atoms with Crippen LogP contribution in [-0.2, 0) is 13.0 Å². The van der Waals surface area contributed by atoms with Crippen LogP contribution in [0.4, 0.5) is 10.1 Å². The van der Waals surface area contributed by atoms with Crippen molar-refractivity contribution in [2.45, 2.75) is 72.4 Å². The van der Waals surface area contributed by atoms with Crippen LogP contribution in [0.5, 0.6) is 5.75 Å². The van der Waals surface area contributed by atoms with E-state index in [4.69, 9.17) is 9.73 Å². The standard InChI is InChI=1S/C32H42FN5O2/c1-21-11-14-37(19-21)31(36-28-10-13-32(3,4)18-22(28)2)35-24-7-9-26-29(16-24)34-20-38(30(26)39)15-12-23-6-8-25(40-5)17-27(23)33/h6-9,16-17,20-22,28H,10-15,18-19H2,1-5H3,(H,35,36)/t21-,22+,28?/m1/s1. The molecule has 1 saturated carbocycles. The molecule has 2 aliphatic rings. The number of rotatable bonds is 6. The van der Waals surface area contributed by atoms with Crippen molar-refractivity contribution >= 4 is 22.5 Å². The molecule has 5 rings (SSSR count). The average Bonchev–Trinajstić information content (AvgIpc) is 3.35. The van der Waals surface area contributed by atoms with E-state index in [9.17, 15) is 9.18 Å². The molecule has 1 aromatic heterocycles. The Morgan fingerprint density at radius 1 is 1.20 bits per heavy atom. The average molecular weight is 548 g/mol. The third-order valence-corrected chi connectivity index (χ3v) is 8.62. The van der Waals surface area contributed by atoms with Crippen LogP contribution in [0.15, 0.2) is 52.5 Å². The van der Waals surface area contributed by atoms with Gasteiger partial charge in [0.2, 0.25) is 0 Å². The minimum absolute atomic E-state index is 0.133. The lowest BCUT2D eigenvalue weighted by Gasteiger charge is -2.38. The first-order valence-electron chi connectivity index (χ1n) is 14.5. The number of nitrogens with zero attached hydrogens (tertiary/aromatic N) is 4. The highest BCUT2D eigenvalue weighted by atomic mass is 19.1. The van der Waals surface area contributed by atoms with Gasteiger partial charge in [0.05, 0.1) is 30.4 Å². The van der Waals surface area contributed by atoms with Crippen molar-refractivity contribution in [2.24, 2.45) is 22.2 Å². The van der Waals surface area contributed by atoms with E-state index in [1.807, 2.05) is 18.2 Å². The fraction of sp³-hybridized carbons (Fsp3) is 0.531. The van der Waals surface area contributed by atoms with Crippen LogP contribution < -0.4 is 15.6 Å². The van der Waals surface area contributed by atoms with Crippen LogP contribution in [0.2, 0.25) is 0 Å². The monoisotopic (exact) mass is 547 g/mol. The number of halogens is 1. The molecule has 0 spiro atoms. The van der Waals surface area contributed by atoms with Gasteiger partial charge in [-0.2, -0.15) is 0 Å². The highest BCUT2D eigenvalue weighted by Crippen LogP contribution is 2.40. The van der Waals surface area contributed by atoms with Gasteiger partial charge in [0.1, 0.15) is 11.6 Å². The maximum atomic E-state index is 14.4. The van der Waals surface area contributed by atoms with Crippen LogP contribution in [0.3, 0.4) is 0 Å². The van der Waals surface area contributed by atoms with Crippen LogP contribution in [-0.4, -0.2) is 46.7 Å². The zero-order valence-electron chi connectivity index (χ0n) is 24.4. The smallest absolute Gasteiger partial charge is 0.261 e. The highest BCUT2D eigenvalue weighted by Gasteiger charge is 2.33. The fourth-order valence-corrected chi connectivity index (χ4v) is 6.23. The van der Waals surface area contributed by atoms with Crippen molar-refractivity contribution < 1.29 is 9.13 Å². The van der Waals surface area contributed by atoms with Gasteiger partial charge in [0, 0.05) is 31.4 Å². The molecule has 1 saturated heterocycles. The van der Waals surface area contributed by atoms with Crippen LogP contribution in [0.1, 0.15) is 58.9 Å². The summed E-state index contributed by atoms with van der Waals surface area (Å²) >= 11 is 0. The van der Waals surface area contributed by atoms with Crippen LogP contribution in [0.25, 0.3) is 10.9 Å². The van der Waals surface area contributed by atoms with E-state index in [0.717, 1.165) is 37.6 Å². The lowest BCUT2D eigenvalue weighted by atomic mass is 9.71. The molecule has 3 aromatic rings. The zero-order chi connectivity index (χ0) is 28.4. The molecular formula is C32H42FN5O2. The van der Waals surface area contributed by atoms with E-state index >= 15 is 0 Å². The summed E-state index contributed by atoms with van der Waals surface area (Å²) in [7, 11) is 1.51. The Labute approximate surface area is 236 Å². The van der Waals surface area contributed by atoms with E-state index in [-0.39, 0.29) is 11.4 Å². The van der Waals surface area contributed by atoms with Gasteiger partial charge in [-0.25, -0.2) is 14.4 Å². The lowest BCUT2D eigenvalue weighted by molar-refractivity contribution is 0.169. The summed E-state index contributed by atoms with van der Waals surface area (Å²) in [4.78, 5) is 25.5. The predicted molar refractivity (Wildman–Crippen MR) is 160 cm³/mol. The van der Waals surface area contributed by atoms with Crippen molar-refractivity contribution in [3.8, 4) is 5.75 Å². The molecule has 7 nitrogen and oxygen atoms in total. The summed E-state index contributed by atoms with van der Waals surface area (Å²) in [5.41, 5.74) is 2.28. The number of hydrogen-bond acceptors (Lipinski definition) is 4. The van der Waals surface area contributed by atoms with Gasteiger partial charge in [0.15, 0.2) is 5.96 Å². The number of aliphatic imine (C=N–C) groups is 1. The number of benzene rings is 2. The molecule has 0 amide bonds. The zero-order valence-corrected chi connectivity index (χ0v) is 24.4. The number of nitrogens with one attached hydrogen (secondary N) is 1. The quantitative estimate of drug-likeness (QED) is 0.298. The molecule has 1 aliphatic carbocycles. The van der Waals surface area contributed by atoms with E-state index in [1.165, 1.54) is 26.0 Å². The van der Waals surface area contributed by atoms with Gasteiger partial charge in [-0.05, 0) is 79.2 Å². The Kier molecular flexibility index (Phi) is 8.15. The second kappa shape index (κ2) is 11.6. The minimum atomic E-state index is -0.340. The number of aromatic nitrogens is 2. The van der Waals surface area contributed by atoms with Crippen molar-refractivity contribution in [3.05, 3.63) is 64.5 Å². The van der Waals surface area contributed by atoms with E-state index in [1.54, 1.807) is 23.0 Å². The molecule has 0 radical (unpaired) electrons. The number of ether oxygens (including phenoxy) is 1. The Morgan fingerprint density at radius 2 is 2.02 bits per heavy atom. The topological polar surface area (TPSA) is 71.8 Å². The van der Waals surface area contributed by atoms with Gasteiger partial charge in [-0.3, -0.25) is 9.36 Å². The number of guanidine groups is 1. The second-order valence-corrected chi connectivity index (χ2v) is 12.6. The Morgan fingerprint density at radius 3 is 2.73 bits per heavy atom. The molecule has 3 atom stereocenters. The third-order valence-electron chi connectivity index (χ3n) is 8.62. The van der Waals surface area contributed by atoms with Crippen molar-refractivity contribution in [2.75, 3.05) is 25.5 Å². The molecule has 2 aromatic carbocycles. The van der Waals surface area contributed by atoms with Crippen molar-refractivity contribution in [3.63, 3.8) is 0 Å². The number of methoxy groups -OCH3 is 1. The van der Waals surface area contributed by atoms with E-state index < -0.39 is 0 Å². The fourth-order valence-electron chi connectivity index (χ4n) is 6.23. The van der Waals surface area contributed by atoms with Crippen LogP contribution in [0, 0.1) is 23.1 Å². The van der Waals surface area contributed by atoms with Gasteiger partial charge < -0.3 is 15.0 Å². The van der Waals surface area contributed by atoms with E-state index in [2.05, 4.69) is 42.9 Å². The largest absolute Gasteiger partial charge is 0.497 e. The van der Waals surface area contributed by atoms with Crippen LogP contribution >= 0.6 is 0 Å². The Bertz CT molecular complexity index is 1450. The van der Waals surface area contributed by atoms with Crippen molar-refractivity contribution in [1.29, 1.82) is 0 Å². The van der Waals surface area contributed by atoms with Gasteiger partial charge in [-0.15, -0.1) is 0 Å². The van der Waals surface area contributed by atoms with Crippen molar-refractivity contribution in [1.82, 2.24) is 14.5 Å². The second-order valence-electron chi connectivity index (χ2n) is 12.6. The summed E-state index contributed by atoms with van der Waals surface area (Å²) in [5.74, 6) is 2.23. The first-order valence-corrected chi connectivity index (χ1v) is 14.5. The molecular weight excluding hydrogens is 505 g/mol. The Balaban J connectivity index is 1.35. The summed E-state index contributed by atoms with van der Waals surface area (Å²) in [5, 5.41) is 4.14. The van der Waals surface area contributed by atoms with Gasteiger partial charge in [0.25, 0.3) is 5.56 Å². The lowest BCUT2D eigenvalue weighted by Crippen LogP contribution is -2.38. The summed E-state index contributed by atoms with van der Waals surface area (Å²) in [6.07, 6.45) is 6.57. The number of anilines is 1. The number of fused-ring (bicyclic) bond motifs is 1. The van der Waals surface area contributed by atoms with Gasteiger partial charge in [-0.1, -0.05) is 33.8 Å². The molecule has 40 heavy (non-hydrogen) atoms. The SMILES string of the molecule is COc1ccc(CCn2cnc3cc(NC(=NC4CCC(C)(C)C[C@@H]4C)N4CC[C@@H](C)C4)ccc3c2=O)c(F)c1.